The fraction of sp³-hybridized carbons (Fsp3) is 0.370. The second kappa shape index (κ2) is 11.2. The number of aryl methyl sites for hydroxylation is 2. The van der Waals surface area contributed by atoms with E-state index < -0.39 is 11.9 Å². The Morgan fingerprint density at radius 1 is 1.08 bits per heavy atom. The molecule has 1 aromatic carbocycles. The van der Waals surface area contributed by atoms with Crippen LogP contribution in [0.1, 0.15) is 54.6 Å². The summed E-state index contributed by atoms with van der Waals surface area (Å²) in [4.78, 5) is 30.2. The van der Waals surface area contributed by atoms with Gasteiger partial charge < -0.3 is 19.1 Å². The van der Waals surface area contributed by atoms with E-state index in [9.17, 15) is 9.59 Å². The van der Waals surface area contributed by atoms with Crippen molar-refractivity contribution >= 4 is 23.4 Å². The average Bonchev–Trinajstić information content (AvgIpc) is 3.69. The molecule has 1 aliphatic carbocycles. The van der Waals surface area contributed by atoms with Crippen molar-refractivity contribution in [3.05, 3.63) is 76.4 Å². The Labute approximate surface area is 224 Å². The molecule has 3 heterocycles. The molecule has 10 nitrogen and oxygen atoms in total. The second-order valence-corrected chi connectivity index (χ2v) is 9.91. The molecular weight excluding hydrogens is 508 g/mol. The fourth-order valence-corrected chi connectivity index (χ4v) is 4.88. The smallest absolute Gasteiger partial charge is 0.250 e. The number of hydrogen-bond donors (Lipinski definition) is 1. The number of carbonyl (C=O) groups excluding carboxylic acids is 2. The van der Waals surface area contributed by atoms with Crippen LogP contribution in [-0.4, -0.2) is 43.0 Å². The van der Waals surface area contributed by atoms with Crippen LogP contribution in [-0.2, 0) is 22.7 Å². The quantitative estimate of drug-likeness (QED) is 0.331. The summed E-state index contributed by atoms with van der Waals surface area (Å²) in [5, 5.41) is 16.0. The summed E-state index contributed by atoms with van der Waals surface area (Å²) in [6, 6.07) is 13.3. The summed E-state index contributed by atoms with van der Waals surface area (Å²) >= 11 is 6.47. The van der Waals surface area contributed by atoms with Crippen LogP contribution in [0.5, 0.6) is 0 Å². The Morgan fingerprint density at radius 2 is 1.82 bits per heavy atom. The number of halogens is 1. The van der Waals surface area contributed by atoms with E-state index in [-0.39, 0.29) is 30.9 Å². The summed E-state index contributed by atoms with van der Waals surface area (Å²) in [5.74, 6) is 1.74. The molecule has 1 fully saturated rings. The number of tetrazole rings is 1. The molecule has 0 saturated heterocycles. The van der Waals surface area contributed by atoms with E-state index in [1.165, 1.54) is 9.70 Å². The SMILES string of the molecule is Cc1ccc(-c2nnn(CC(=O)N(Cc3ccccc3Cl)C(C(=O)NC3CCCC3)c3ccc(C)o3)n2)o1. The van der Waals surface area contributed by atoms with Crippen LogP contribution in [0.2, 0.25) is 5.02 Å². The largest absolute Gasteiger partial charge is 0.464 e. The highest BCUT2D eigenvalue weighted by Gasteiger charge is 2.36. The highest BCUT2D eigenvalue weighted by atomic mass is 35.5. The zero-order valence-corrected chi connectivity index (χ0v) is 22.0. The molecule has 1 saturated carbocycles. The van der Waals surface area contributed by atoms with Gasteiger partial charge in [-0.2, -0.15) is 4.80 Å². The van der Waals surface area contributed by atoms with E-state index in [1.54, 1.807) is 37.3 Å². The fourth-order valence-electron chi connectivity index (χ4n) is 4.68. The van der Waals surface area contributed by atoms with Crippen molar-refractivity contribution < 1.29 is 18.4 Å². The number of rotatable bonds is 9. The normalized spacial score (nSPS) is 14.5. The molecule has 0 radical (unpaired) electrons. The number of amides is 2. The minimum atomic E-state index is -1.01. The van der Waals surface area contributed by atoms with Gasteiger partial charge in [0, 0.05) is 17.6 Å². The van der Waals surface area contributed by atoms with Crippen LogP contribution >= 0.6 is 11.6 Å². The van der Waals surface area contributed by atoms with E-state index in [0.29, 0.717) is 33.6 Å². The van der Waals surface area contributed by atoms with Crippen molar-refractivity contribution in [2.24, 2.45) is 0 Å². The zero-order chi connectivity index (χ0) is 26.6. The molecule has 0 aliphatic heterocycles. The van der Waals surface area contributed by atoms with E-state index in [0.717, 1.165) is 25.7 Å². The number of hydrogen-bond acceptors (Lipinski definition) is 7. The van der Waals surface area contributed by atoms with Gasteiger partial charge in [-0.15, -0.1) is 10.2 Å². The Morgan fingerprint density at radius 3 is 2.50 bits per heavy atom. The molecule has 4 aromatic rings. The van der Waals surface area contributed by atoms with Crippen molar-refractivity contribution in [2.75, 3.05) is 0 Å². The average molecular weight is 537 g/mol. The molecule has 3 aromatic heterocycles. The van der Waals surface area contributed by atoms with Crippen molar-refractivity contribution in [1.29, 1.82) is 0 Å². The predicted octanol–water partition coefficient (Wildman–Crippen LogP) is 4.63. The Balaban J connectivity index is 1.47. The summed E-state index contributed by atoms with van der Waals surface area (Å²) in [7, 11) is 0. The number of nitrogens with one attached hydrogen (secondary N) is 1. The maximum absolute atomic E-state index is 13.9. The van der Waals surface area contributed by atoms with Crippen molar-refractivity contribution in [2.45, 2.75) is 64.7 Å². The summed E-state index contributed by atoms with van der Waals surface area (Å²) < 4.78 is 11.5. The Hall–Kier alpha value is -3.92. The van der Waals surface area contributed by atoms with Gasteiger partial charge in [-0.3, -0.25) is 9.59 Å². The minimum absolute atomic E-state index is 0.0645. The number of carbonyl (C=O) groups is 2. The van der Waals surface area contributed by atoms with Gasteiger partial charge in [-0.05, 0) is 67.8 Å². The third-order valence-corrected chi connectivity index (χ3v) is 6.97. The van der Waals surface area contributed by atoms with E-state index in [4.69, 9.17) is 20.4 Å². The molecule has 1 atom stereocenters. The molecule has 1 N–H and O–H groups in total. The van der Waals surface area contributed by atoms with Crippen LogP contribution < -0.4 is 5.32 Å². The molecular formula is C27H29ClN6O4. The third-order valence-electron chi connectivity index (χ3n) is 6.60. The van der Waals surface area contributed by atoms with Gasteiger partial charge in [-0.25, -0.2) is 0 Å². The van der Waals surface area contributed by atoms with E-state index in [1.807, 2.05) is 25.1 Å². The lowest BCUT2D eigenvalue weighted by atomic mass is 10.1. The lowest BCUT2D eigenvalue weighted by Gasteiger charge is -2.31. The van der Waals surface area contributed by atoms with Crippen LogP contribution in [0.25, 0.3) is 11.6 Å². The first-order valence-electron chi connectivity index (χ1n) is 12.6. The predicted molar refractivity (Wildman–Crippen MR) is 139 cm³/mol. The van der Waals surface area contributed by atoms with Gasteiger partial charge in [0.1, 0.15) is 23.8 Å². The standard InChI is InChI=1S/C27H29ClN6O4/c1-17-11-13-22(37-17)25(27(36)29-20-8-4-5-9-20)33(15-19-7-3-6-10-21(19)28)24(35)16-34-31-26(30-32-34)23-14-12-18(2)38-23/h3,6-7,10-14,20,25H,4-5,8-9,15-16H2,1-2H3,(H,29,36). The molecule has 2 amide bonds. The number of nitrogens with zero attached hydrogens (tertiary/aromatic N) is 5. The van der Waals surface area contributed by atoms with Crippen LogP contribution in [0, 0.1) is 13.8 Å². The molecule has 38 heavy (non-hydrogen) atoms. The van der Waals surface area contributed by atoms with Crippen molar-refractivity contribution in [3.63, 3.8) is 0 Å². The first kappa shape index (κ1) is 25.7. The number of benzene rings is 1. The summed E-state index contributed by atoms with van der Waals surface area (Å²) in [6.07, 6.45) is 3.94. The molecule has 11 heteroatoms. The topological polar surface area (TPSA) is 119 Å². The van der Waals surface area contributed by atoms with Gasteiger partial charge in [0.15, 0.2) is 11.8 Å². The first-order valence-corrected chi connectivity index (χ1v) is 13.0. The first-order chi connectivity index (χ1) is 18.4. The molecule has 0 spiro atoms. The Kier molecular flexibility index (Phi) is 7.59. The molecule has 1 unspecified atom stereocenters. The zero-order valence-electron chi connectivity index (χ0n) is 21.3. The second-order valence-electron chi connectivity index (χ2n) is 9.51. The number of furan rings is 2. The molecule has 198 valence electrons. The Bertz CT molecular complexity index is 1420. The highest BCUT2D eigenvalue weighted by molar-refractivity contribution is 6.31. The van der Waals surface area contributed by atoms with E-state index in [2.05, 4.69) is 20.7 Å². The monoisotopic (exact) mass is 536 g/mol. The van der Waals surface area contributed by atoms with Crippen LogP contribution in [0.4, 0.5) is 0 Å². The maximum atomic E-state index is 13.9. The van der Waals surface area contributed by atoms with Gasteiger partial charge >= 0.3 is 0 Å². The number of aromatic nitrogens is 4. The van der Waals surface area contributed by atoms with Crippen LogP contribution in [0.15, 0.2) is 57.4 Å². The molecule has 5 rings (SSSR count). The van der Waals surface area contributed by atoms with E-state index >= 15 is 0 Å². The van der Waals surface area contributed by atoms with Gasteiger partial charge in [-0.1, -0.05) is 42.6 Å². The summed E-state index contributed by atoms with van der Waals surface area (Å²) in [5.41, 5.74) is 0.697. The lowest BCUT2D eigenvalue weighted by Crippen LogP contribution is -2.46. The van der Waals surface area contributed by atoms with Gasteiger partial charge in [0.2, 0.25) is 11.7 Å². The maximum Gasteiger partial charge on any atom is 0.250 e. The van der Waals surface area contributed by atoms with Gasteiger partial charge in [0.05, 0.1) is 0 Å². The molecule has 0 bridgehead atoms. The molecule has 1 aliphatic rings. The van der Waals surface area contributed by atoms with Crippen molar-refractivity contribution in [1.82, 2.24) is 30.4 Å². The summed E-state index contributed by atoms with van der Waals surface area (Å²) in [6.45, 7) is 3.45. The lowest BCUT2D eigenvalue weighted by molar-refractivity contribution is -0.143. The third kappa shape index (κ3) is 5.80. The van der Waals surface area contributed by atoms with Crippen LogP contribution in [0.3, 0.4) is 0 Å². The van der Waals surface area contributed by atoms with Gasteiger partial charge in [0.25, 0.3) is 5.91 Å². The highest BCUT2D eigenvalue weighted by Crippen LogP contribution is 2.29. The minimum Gasteiger partial charge on any atom is -0.464 e. The van der Waals surface area contributed by atoms with Crippen molar-refractivity contribution in [3.8, 4) is 11.6 Å².